The third-order valence-electron chi connectivity index (χ3n) is 4.25. The first kappa shape index (κ1) is 18.4. The van der Waals surface area contributed by atoms with Crippen LogP contribution in [0, 0.1) is 11.8 Å². The predicted molar refractivity (Wildman–Crippen MR) is 83.8 cm³/mol. The molecule has 0 radical (unpaired) electrons. The molecule has 1 aliphatic carbocycles. The lowest BCUT2D eigenvalue weighted by Gasteiger charge is -2.13. The second-order valence-electron chi connectivity index (χ2n) is 6.04. The normalized spacial score (nSPS) is 21.3. The number of halogens is 3. The van der Waals surface area contributed by atoms with Crippen LogP contribution in [0.5, 0.6) is 5.75 Å². The molecule has 0 bridgehead atoms. The van der Waals surface area contributed by atoms with Crippen LogP contribution in [0.25, 0.3) is 0 Å². The van der Waals surface area contributed by atoms with Crippen LogP contribution in [-0.4, -0.2) is 17.7 Å². The molecule has 1 saturated carbocycles. The van der Waals surface area contributed by atoms with Gasteiger partial charge in [0.2, 0.25) is 0 Å². The Labute approximate surface area is 139 Å². The van der Waals surface area contributed by atoms with E-state index in [1.165, 1.54) is 12.1 Å². The van der Waals surface area contributed by atoms with Gasteiger partial charge < -0.3 is 9.84 Å². The summed E-state index contributed by atoms with van der Waals surface area (Å²) in [5, 5.41) is 8.88. The maximum atomic E-state index is 12.6. The average molecular weight is 342 g/mol. The molecule has 1 aromatic rings. The van der Waals surface area contributed by atoms with E-state index in [9.17, 15) is 18.0 Å². The van der Waals surface area contributed by atoms with E-state index in [0.29, 0.717) is 6.42 Å². The first-order chi connectivity index (χ1) is 11.4. The van der Waals surface area contributed by atoms with Gasteiger partial charge >= 0.3 is 12.1 Å². The summed E-state index contributed by atoms with van der Waals surface area (Å²) in [5.74, 6) is -0.117. The number of hydrogen-bond acceptors (Lipinski definition) is 2. The molecule has 0 unspecified atom stereocenters. The lowest BCUT2D eigenvalue weighted by Crippen LogP contribution is -2.11. The number of carboxylic acid groups (broad SMARTS) is 1. The Balaban J connectivity index is 1.77. The summed E-state index contributed by atoms with van der Waals surface area (Å²) < 4.78 is 43.2. The molecule has 0 aromatic heterocycles. The van der Waals surface area contributed by atoms with Gasteiger partial charge in [-0.3, -0.25) is 4.79 Å². The van der Waals surface area contributed by atoms with Gasteiger partial charge in [0.05, 0.1) is 12.2 Å². The van der Waals surface area contributed by atoms with Gasteiger partial charge in [-0.2, -0.15) is 13.2 Å². The van der Waals surface area contributed by atoms with Crippen LogP contribution in [0.15, 0.2) is 36.4 Å². The highest BCUT2D eigenvalue weighted by Crippen LogP contribution is 2.35. The van der Waals surface area contributed by atoms with Gasteiger partial charge in [0.15, 0.2) is 0 Å². The maximum Gasteiger partial charge on any atom is 0.416 e. The van der Waals surface area contributed by atoms with Crippen molar-refractivity contribution >= 4 is 5.97 Å². The summed E-state index contributed by atoms with van der Waals surface area (Å²) >= 11 is 0. The van der Waals surface area contributed by atoms with Crippen molar-refractivity contribution in [2.75, 3.05) is 6.61 Å². The van der Waals surface area contributed by atoms with Crippen molar-refractivity contribution in [1.82, 2.24) is 0 Å². The zero-order valence-corrected chi connectivity index (χ0v) is 13.3. The van der Waals surface area contributed by atoms with Gasteiger partial charge in [0.1, 0.15) is 5.75 Å². The molecule has 0 amide bonds. The monoisotopic (exact) mass is 342 g/mol. The Kier molecular flexibility index (Phi) is 6.29. The van der Waals surface area contributed by atoms with E-state index < -0.39 is 17.7 Å². The van der Waals surface area contributed by atoms with Gasteiger partial charge in [-0.1, -0.05) is 24.6 Å². The minimum Gasteiger partial charge on any atom is -0.493 e. The van der Waals surface area contributed by atoms with E-state index in [0.717, 1.165) is 31.4 Å². The summed E-state index contributed by atoms with van der Waals surface area (Å²) in [6.07, 6.45) is 3.30. The number of allylic oxidation sites excluding steroid dienone is 1. The van der Waals surface area contributed by atoms with Crippen molar-refractivity contribution in [2.24, 2.45) is 11.8 Å². The second kappa shape index (κ2) is 8.22. The van der Waals surface area contributed by atoms with Gasteiger partial charge in [-0.15, -0.1) is 0 Å². The molecule has 24 heavy (non-hydrogen) atoms. The molecule has 132 valence electrons. The lowest BCUT2D eigenvalue weighted by molar-refractivity contribution is -0.138. The first-order valence-electron chi connectivity index (χ1n) is 8.05. The standard InChI is InChI=1S/C18H21F3O3/c19-18(20,21)15-8-4-9-16(12-15)24-10-2-1-5-13-6-3-7-14(13)11-17(22)23/h1,4-5,8-9,12-14H,2-3,6-7,10-11H2,(H,22,23)/b5-1+/t13-,14+/m0/s1. The third-order valence-corrected chi connectivity index (χ3v) is 4.25. The summed E-state index contributed by atoms with van der Waals surface area (Å²) in [7, 11) is 0. The highest BCUT2D eigenvalue weighted by molar-refractivity contribution is 5.67. The van der Waals surface area contributed by atoms with Crippen molar-refractivity contribution in [3.05, 3.63) is 42.0 Å². The van der Waals surface area contributed by atoms with Crippen molar-refractivity contribution in [3.63, 3.8) is 0 Å². The summed E-state index contributed by atoms with van der Waals surface area (Å²) in [4.78, 5) is 10.8. The molecular formula is C18H21F3O3. The third kappa shape index (κ3) is 5.58. The Hall–Kier alpha value is -1.98. The SMILES string of the molecule is O=C(O)C[C@H]1CCC[C@@H]1/C=C/CCOc1cccc(C(F)(F)F)c1. The number of carboxylic acids is 1. The molecule has 0 heterocycles. The van der Waals surface area contributed by atoms with E-state index in [1.54, 1.807) is 0 Å². The van der Waals surface area contributed by atoms with Crippen LogP contribution < -0.4 is 4.74 Å². The zero-order valence-electron chi connectivity index (χ0n) is 13.3. The molecule has 3 nitrogen and oxygen atoms in total. The lowest BCUT2D eigenvalue weighted by atomic mass is 9.92. The minimum absolute atomic E-state index is 0.183. The maximum absolute atomic E-state index is 12.6. The van der Waals surface area contributed by atoms with E-state index in [1.807, 2.05) is 12.2 Å². The van der Waals surface area contributed by atoms with Gasteiger partial charge in [-0.25, -0.2) is 0 Å². The molecule has 0 aliphatic heterocycles. The molecule has 0 spiro atoms. The molecule has 1 aliphatic rings. The van der Waals surface area contributed by atoms with E-state index >= 15 is 0 Å². The Morgan fingerprint density at radius 1 is 1.33 bits per heavy atom. The molecule has 1 N–H and O–H groups in total. The summed E-state index contributed by atoms with van der Waals surface area (Å²) in [6, 6.07) is 4.82. The smallest absolute Gasteiger partial charge is 0.416 e. The number of carbonyl (C=O) groups is 1. The van der Waals surface area contributed by atoms with Crippen molar-refractivity contribution in [3.8, 4) is 5.75 Å². The van der Waals surface area contributed by atoms with Crippen LogP contribution in [0.1, 0.15) is 37.7 Å². The van der Waals surface area contributed by atoms with E-state index in [-0.39, 0.29) is 30.6 Å². The number of rotatable bonds is 7. The van der Waals surface area contributed by atoms with Crippen molar-refractivity contribution in [2.45, 2.75) is 38.3 Å². The molecular weight excluding hydrogens is 321 g/mol. The van der Waals surface area contributed by atoms with Crippen molar-refractivity contribution < 1.29 is 27.8 Å². The van der Waals surface area contributed by atoms with E-state index in [4.69, 9.17) is 9.84 Å². The fraction of sp³-hybridized carbons (Fsp3) is 0.500. The van der Waals surface area contributed by atoms with Crippen LogP contribution in [-0.2, 0) is 11.0 Å². The number of alkyl halides is 3. The second-order valence-corrected chi connectivity index (χ2v) is 6.04. The zero-order chi connectivity index (χ0) is 17.6. The van der Waals surface area contributed by atoms with Crippen LogP contribution in [0.4, 0.5) is 13.2 Å². The molecule has 1 fully saturated rings. The number of ether oxygens (including phenoxy) is 1. The van der Waals surface area contributed by atoms with Crippen molar-refractivity contribution in [1.29, 1.82) is 0 Å². The Morgan fingerprint density at radius 3 is 2.83 bits per heavy atom. The van der Waals surface area contributed by atoms with Gasteiger partial charge in [-0.05, 0) is 49.3 Å². The topological polar surface area (TPSA) is 46.5 Å². The Morgan fingerprint density at radius 2 is 2.12 bits per heavy atom. The van der Waals surface area contributed by atoms with Crippen LogP contribution in [0.3, 0.4) is 0 Å². The summed E-state index contributed by atoms with van der Waals surface area (Å²) in [6.45, 7) is 0.286. The van der Waals surface area contributed by atoms with Crippen LogP contribution >= 0.6 is 0 Å². The highest BCUT2D eigenvalue weighted by atomic mass is 19.4. The molecule has 2 atom stereocenters. The number of benzene rings is 1. The van der Waals surface area contributed by atoms with Gasteiger partial charge in [0.25, 0.3) is 0 Å². The molecule has 1 aromatic carbocycles. The minimum atomic E-state index is -4.37. The fourth-order valence-electron chi connectivity index (χ4n) is 3.07. The fourth-order valence-corrected chi connectivity index (χ4v) is 3.07. The molecule has 0 saturated heterocycles. The summed E-state index contributed by atoms with van der Waals surface area (Å²) in [5.41, 5.74) is -0.724. The average Bonchev–Trinajstić information content (AvgIpc) is 2.93. The van der Waals surface area contributed by atoms with E-state index in [2.05, 4.69) is 0 Å². The Bertz CT molecular complexity index is 581. The first-order valence-corrected chi connectivity index (χ1v) is 8.05. The number of hydrogen-bond donors (Lipinski definition) is 1. The van der Waals surface area contributed by atoms with Gasteiger partial charge in [0, 0.05) is 6.42 Å². The number of aliphatic carboxylic acids is 1. The van der Waals surface area contributed by atoms with Crippen LogP contribution in [0.2, 0.25) is 0 Å². The highest BCUT2D eigenvalue weighted by Gasteiger charge is 2.30. The molecule has 2 rings (SSSR count). The quantitative estimate of drug-likeness (QED) is 0.565. The largest absolute Gasteiger partial charge is 0.493 e. The predicted octanol–water partition coefficient (Wildman–Crippen LogP) is 4.92. The molecule has 6 heteroatoms.